The number of benzene rings is 1. The summed E-state index contributed by atoms with van der Waals surface area (Å²) < 4.78 is 44.8. The number of aryl methyl sites for hydroxylation is 2. The lowest BCUT2D eigenvalue weighted by Crippen LogP contribution is -2.48. The van der Waals surface area contributed by atoms with Crippen LogP contribution >= 0.6 is 0 Å². The third kappa shape index (κ3) is 8.70. The maximum atomic E-state index is 10.7. The fourth-order valence-electron chi connectivity index (χ4n) is 4.62. The van der Waals surface area contributed by atoms with Crippen LogP contribution < -0.4 is 0 Å². The lowest BCUT2D eigenvalue weighted by molar-refractivity contribution is -0.242. The Bertz CT molecular complexity index is 692. The molecule has 0 aromatic heterocycles. The molecule has 3 aliphatic heterocycles. The second-order valence-electron chi connectivity index (χ2n) is 9.31. The smallest absolute Gasteiger partial charge is 0.147 e. The van der Waals surface area contributed by atoms with Gasteiger partial charge in [0.1, 0.15) is 38.0 Å². The Morgan fingerprint density at radius 1 is 0.556 bits per heavy atom. The van der Waals surface area contributed by atoms with Crippen molar-refractivity contribution in [1.82, 2.24) is 0 Å². The van der Waals surface area contributed by atoms with Crippen molar-refractivity contribution in [1.29, 1.82) is 0 Å². The second kappa shape index (κ2) is 15.3. The molecule has 1 aromatic carbocycles. The Hall–Kier alpha value is -1.18. The minimum atomic E-state index is -0.756. The zero-order chi connectivity index (χ0) is 25.0. The summed E-state index contributed by atoms with van der Waals surface area (Å²) in [6.45, 7) is 3.42. The van der Waals surface area contributed by atoms with Crippen LogP contribution in [0.15, 0.2) is 24.3 Å². The summed E-state index contributed by atoms with van der Waals surface area (Å²) in [5.41, 5.74) is 2.35. The third-order valence-electron chi connectivity index (χ3n) is 6.76. The molecule has 4 rings (SSSR count). The van der Waals surface area contributed by atoms with Gasteiger partial charge in [0.15, 0.2) is 0 Å². The fraction of sp³-hybridized carbons (Fsp3) is 0.769. The summed E-state index contributed by atoms with van der Waals surface area (Å²) >= 11 is 0. The minimum absolute atomic E-state index is 0.141. The first kappa shape index (κ1) is 27.8. The molecule has 0 unspecified atom stereocenters. The van der Waals surface area contributed by atoms with Crippen molar-refractivity contribution in [3.05, 3.63) is 35.4 Å². The van der Waals surface area contributed by atoms with Gasteiger partial charge in [0, 0.05) is 0 Å². The van der Waals surface area contributed by atoms with Gasteiger partial charge in [-0.1, -0.05) is 24.3 Å². The van der Waals surface area contributed by atoms with Crippen LogP contribution in [0.1, 0.15) is 24.0 Å². The van der Waals surface area contributed by atoms with Crippen LogP contribution in [0.4, 0.5) is 0 Å². The predicted octanol–water partition coefficient (Wildman–Crippen LogP) is 0.837. The Morgan fingerprint density at radius 2 is 0.972 bits per heavy atom. The highest BCUT2D eigenvalue weighted by atomic mass is 16.7. The molecule has 0 spiro atoms. The van der Waals surface area contributed by atoms with Crippen molar-refractivity contribution in [3.8, 4) is 0 Å². The molecule has 3 aliphatic rings. The number of ether oxygens (including phenoxy) is 8. The van der Waals surface area contributed by atoms with E-state index in [9.17, 15) is 10.2 Å². The molecule has 2 N–H and O–H groups in total. The highest BCUT2D eigenvalue weighted by molar-refractivity contribution is 5.24. The number of hydrogen-bond donors (Lipinski definition) is 2. The Balaban J connectivity index is 1.34. The molecule has 0 radical (unpaired) electrons. The molecule has 2 fully saturated rings. The van der Waals surface area contributed by atoms with E-state index < -0.39 is 24.4 Å². The first-order valence-electron chi connectivity index (χ1n) is 12.9. The standard InChI is InChI=1S/C26H40O10/c27-25-21-6-4-19-2-1-3-20(14-19)5-7-22-26(28)24(36-18-34-22)16-32-13-11-30-9-8-29-10-12-31-15-23(25)35-17-33-21/h1-3,14,21-28H,4-13,15-18H2/t21-,22-,23+,24+,25+,26+/m1/s1. The molecule has 1 aromatic rings. The van der Waals surface area contributed by atoms with Crippen molar-refractivity contribution < 1.29 is 48.1 Å². The Labute approximate surface area is 212 Å². The van der Waals surface area contributed by atoms with E-state index in [1.165, 1.54) is 11.1 Å². The largest absolute Gasteiger partial charge is 0.388 e. The highest BCUT2D eigenvalue weighted by Crippen LogP contribution is 2.22. The van der Waals surface area contributed by atoms with Gasteiger partial charge in [-0.15, -0.1) is 0 Å². The number of rotatable bonds is 0. The van der Waals surface area contributed by atoms with Crippen LogP contribution in [0.2, 0.25) is 0 Å². The van der Waals surface area contributed by atoms with E-state index in [0.29, 0.717) is 52.5 Å². The third-order valence-corrected chi connectivity index (χ3v) is 6.76. The van der Waals surface area contributed by atoms with Gasteiger partial charge in [0.05, 0.1) is 65.1 Å². The summed E-state index contributed by atoms with van der Waals surface area (Å²) in [6.07, 6.45) is -0.100. The van der Waals surface area contributed by atoms with E-state index in [2.05, 4.69) is 18.2 Å². The SMILES string of the molecule is O[C@@H]1[C@@H]2COCCOCCOCCOC[C@@H]3OCO[C@H](CCc4cccc(c4)CC[C@H]1OCO2)[C@@H]3O. The maximum absolute atomic E-state index is 10.7. The molecule has 204 valence electrons. The average Bonchev–Trinajstić information content (AvgIpc) is 2.89. The summed E-state index contributed by atoms with van der Waals surface area (Å²) in [5, 5.41) is 21.5. The van der Waals surface area contributed by atoms with E-state index in [-0.39, 0.29) is 39.0 Å². The first-order valence-corrected chi connectivity index (χ1v) is 12.9. The van der Waals surface area contributed by atoms with Gasteiger partial charge in [-0.05, 0) is 36.8 Å². The number of aliphatic hydroxyl groups excluding tert-OH is 2. The molecule has 2 saturated heterocycles. The van der Waals surface area contributed by atoms with E-state index in [4.69, 9.17) is 37.9 Å². The fourth-order valence-corrected chi connectivity index (χ4v) is 4.62. The van der Waals surface area contributed by atoms with E-state index >= 15 is 0 Å². The molecule has 0 saturated carbocycles. The van der Waals surface area contributed by atoms with Crippen molar-refractivity contribution in [2.24, 2.45) is 0 Å². The lowest BCUT2D eigenvalue weighted by Gasteiger charge is -2.35. The van der Waals surface area contributed by atoms with Crippen LogP contribution in [0.3, 0.4) is 0 Å². The molecule has 36 heavy (non-hydrogen) atoms. The number of hydrogen-bond acceptors (Lipinski definition) is 10. The summed E-state index contributed by atoms with van der Waals surface area (Å²) in [4.78, 5) is 0. The first-order chi connectivity index (χ1) is 17.7. The van der Waals surface area contributed by atoms with Gasteiger partial charge in [0.25, 0.3) is 0 Å². The van der Waals surface area contributed by atoms with Crippen molar-refractivity contribution in [3.63, 3.8) is 0 Å². The van der Waals surface area contributed by atoms with Crippen LogP contribution in [0, 0.1) is 0 Å². The molecule has 0 amide bonds. The number of aliphatic hydroxyl groups is 2. The van der Waals surface area contributed by atoms with E-state index in [1.807, 2.05) is 6.07 Å². The minimum Gasteiger partial charge on any atom is -0.388 e. The van der Waals surface area contributed by atoms with Gasteiger partial charge < -0.3 is 48.1 Å². The monoisotopic (exact) mass is 512 g/mol. The second-order valence-corrected chi connectivity index (χ2v) is 9.31. The molecule has 10 nitrogen and oxygen atoms in total. The topological polar surface area (TPSA) is 114 Å². The Kier molecular flexibility index (Phi) is 11.8. The van der Waals surface area contributed by atoms with Gasteiger partial charge >= 0.3 is 0 Å². The zero-order valence-corrected chi connectivity index (χ0v) is 20.8. The van der Waals surface area contributed by atoms with Crippen molar-refractivity contribution in [2.75, 3.05) is 66.4 Å². The summed E-state index contributed by atoms with van der Waals surface area (Å²) in [6, 6.07) is 8.37. The van der Waals surface area contributed by atoms with Crippen LogP contribution in [0.25, 0.3) is 0 Å². The number of fused-ring (bicyclic) bond motifs is 6. The van der Waals surface area contributed by atoms with Crippen LogP contribution in [-0.4, -0.2) is 113 Å². The summed E-state index contributed by atoms with van der Waals surface area (Å²) in [7, 11) is 0. The average molecular weight is 513 g/mol. The molecule has 3 heterocycles. The predicted molar refractivity (Wildman–Crippen MR) is 128 cm³/mol. The van der Waals surface area contributed by atoms with Crippen molar-refractivity contribution in [2.45, 2.75) is 62.3 Å². The summed E-state index contributed by atoms with van der Waals surface area (Å²) in [5.74, 6) is 0. The molecule has 6 bridgehead atoms. The quantitative estimate of drug-likeness (QED) is 0.518. The van der Waals surface area contributed by atoms with Gasteiger partial charge in [-0.3, -0.25) is 0 Å². The van der Waals surface area contributed by atoms with Crippen molar-refractivity contribution >= 4 is 0 Å². The van der Waals surface area contributed by atoms with E-state index in [1.54, 1.807) is 0 Å². The van der Waals surface area contributed by atoms with Crippen LogP contribution in [0.5, 0.6) is 0 Å². The van der Waals surface area contributed by atoms with Gasteiger partial charge in [0.2, 0.25) is 0 Å². The molecular formula is C26H40O10. The Morgan fingerprint density at radius 3 is 1.44 bits per heavy atom. The normalized spacial score (nSPS) is 34.7. The molecule has 6 atom stereocenters. The van der Waals surface area contributed by atoms with Gasteiger partial charge in [-0.2, -0.15) is 0 Å². The zero-order valence-electron chi connectivity index (χ0n) is 20.8. The molecule has 0 aliphatic carbocycles. The van der Waals surface area contributed by atoms with Crippen LogP contribution in [-0.2, 0) is 50.7 Å². The van der Waals surface area contributed by atoms with E-state index in [0.717, 1.165) is 12.8 Å². The lowest BCUT2D eigenvalue weighted by atomic mass is 9.96. The molecule has 10 heteroatoms. The van der Waals surface area contributed by atoms with Gasteiger partial charge in [-0.25, -0.2) is 0 Å². The highest BCUT2D eigenvalue weighted by Gasteiger charge is 2.34. The maximum Gasteiger partial charge on any atom is 0.147 e. The molecular weight excluding hydrogens is 472 g/mol.